The number of halogens is 3. The summed E-state index contributed by atoms with van der Waals surface area (Å²) >= 11 is 0.859. The molecule has 0 saturated heterocycles. The summed E-state index contributed by atoms with van der Waals surface area (Å²) in [6.45, 7) is 0. The van der Waals surface area contributed by atoms with Crippen molar-refractivity contribution in [3.8, 4) is 11.3 Å². The molecule has 0 unspecified atom stereocenters. The number of nitrogens with zero attached hydrogens (tertiary/aromatic N) is 2. The molecule has 84 valence electrons. The monoisotopic (exact) mass is 245 g/mol. The number of hydrogen-bond donors (Lipinski definition) is 1. The summed E-state index contributed by atoms with van der Waals surface area (Å²) in [6, 6.07) is 1.98. The zero-order valence-corrected chi connectivity index (χ0v) is 8.91. The molecule has 0 spiro atoms. The van der Waals surface area contributed by atoms with E-state index in [-0.39, 0.29) is 11.3 Å². The maximum Gasteiger partial charge on any atom is 0.195 e. The Morgan fingerprint density at radius 3 is 2.56 bits per heavy atom. The van der Waals surface area contributed by atoms with E-state index in [1.165, 1.54) is 0 Å². The van der Waals surface area contributed by atoms with E-state index < -0.39 is 17.5 Å². The van der Waals surface area contributed by atoms with Gasteiger partial charge in [0.05, 0.1) is 11.7 Å². The average Bonchev–Trinajstić information content (AvgIpc) is 2.74. The van der Waals surface area contributed by atoms with Crippen LogP contribution >= 0.6 is 11.7 Å². The Morgan fingerprint density at radius 1 is 1.12 bits per heavy atom. The first kappa shape index (κ1) is 10.9. The third-order valence-electron chi connectivity index (χ3n) is 2.02. The second-order valence-corrected chi connectivity index (χ2v) is 3.46. The van der Waals surface area contributed by atoms with Crippen molar-refractivity contribution < 1.29 is 13.2 Å². The van der Waals surface area contributed by atoms with E-state index in [1.807, 2.05) is 0 Å². The van der Waals surface area contributed by atoms with Gasteiger partial charge in [-0.3, -0.25) is 0 Å². The summed E-state index contributed by atoms with van der Waals surface area (Å²) in [6.07, 6.45) is 0. The third-order valence-corrected chi connectivity index (χ3v) is 2.54. The molecule has 0 aliphatic rings. The van der Waals surface area contributed by atoms with Crippen LogP contribution in [0.3, 0.4) is 0 Å². The summed E-state index contributed by atoms with van der Waals surface area (Å²) < 4.78 is 46.8. The van der Waals surface area contributed by atoms with E-state index in [0.29, 0.717) is 5.82 Å². The Hall–Kier alpha value is -1.63. The van der Waals surface area contributed by atoms with Gasteiger partial charge in [0.1, 0.15) is 5.69 Å². The topological polar surface area (TPSA) is 37.8 Å². The molecule has 1 heterocycles. The molecule has 1 aromatic heterocycles. The van der Waals surface area contributed by atoms with Gasteiger partial charge < -0.3 is 5.32 Å². The molecule has 16 heavy (non-hydrogen) atoms. The van der Waals surface area contributed by atoms with E-state index in [9.17, 15) is 13.2 Å². The van der Waals surface area contributed by atoms with Crippen LogP contribution in [0.2, 0.25) is 0 Å². The largest absolute Gasteiger partial charge is 0.370 e. The van der Waals surface area contributed by atoms with Crippen molar-refractivity contribution in [3.63, 3.8) is 0 Å². The lowest BCUT2D eigenvalue weighted by atomic mass is 10.1. The van der Waals surface area contributed by atoms with E-state index >= 15 is 0 Å². The van der Waals surface area contributed by atoms with Crippen molar-refractivity contribution in [2.45, 2.75) is 0 Å². The van der Waals surface area contributed by atoms with Crippen LogP contribution in [-0.4, -0.2) is 15.8 Å². The van der Waals surface area contributed by atoms with Gasteiger partial charge >= 0.3 is 0 Å². The lowest BCUT2D eigenvalue weighted by Gasteiger charge is -2.03. The van der Waals surface area contributed by atoms with Crippen LogP contribution in [0.25, 0.3) is 11.3 Å². The molecular formula is C9H6F3N3S. The summed E-state index contributed by atoms with van der Waals surface area (Å²) in [5, 5.41) is 2.69. The zero-order chi connectivity index (χ0) is 11.7. The van der Waals surface area contributed by atoms with Crippen LogP contribution < -0.4 is 5.32 Å². The van der Waals surface area contributed by atoms with Crippen LogP contribution in [0.4, 0.5) is 19.0 Å². The van der Waals surface area contributed by atoms with Crippen LogP contribution in [0.5, 0.6) is 0 Å². The molecule has 3 nitrogen and oxygen atoms in total. The van der Waals surface area contributed by atoms with E-state index in [2.05, 4.69) is 14.1 Å². The molecule has 1 N–H and O–H groups in total. The molecule has 0 radical (unpaired) electrons. The Kier molecular flexibility index (Phi) is 2.78. The molecule has 7 heteroatoms. The highest BCUT2D eigenvalue weighted by atomic mass is 32.1. The average molecular weight is 245 g/mol. The number of anilines is 1. The fourth-order valence-corrected chi connectivity index (χ4v) is 1.80. The molecular weight excluding hydrogens is 239 g/mol. The van der Waals surface area contributed by atoms with Crippen molar-refractivity contribution in [2.24, 2.45) is 0 Å². The van der Waals surface area contributed by atoms with E-state index in [1.54, 1.807) is 7.05 Å². The first-order chi connectivity index (χ1) is 7.65. The Balaban J connectivity index is 2.61. The smallest absolute Gasteiger partial charge is 0.195 e. The second kappa shape index (κ2) is 4.09. The van der Waals surface area contributed by atoms with Crippen molar-refractivity contribution in [1.29, 1.82) is 0 Å². The highest BCUT2D eigenvalue weighted by Crippen LogP contribution is 2.29. The number of benzene rings is 1. The van der Waals surface area contributed by atoms with Gasteiger partial charge in [0.15, 0.2) is 23.3 Å². The lowest BCUT2D eigenvalue weighted by Crippen LogP contribution is -1.97. The van der Waals surface area contributed by atoms with Crippen LogP contribution in [0, 0.1) is 17.5 Å². The molecule has 0 saturated carbocycles. The quantitative estimate of drug-likeness (QED) is 0.826. The highest BCUT2D eigenvalue weighted by molar-refractivity contribution is 6.99. The van der Waals surface area contributed by atoms with Crippen LogP contribution in [-0.2, 0) is 0 Å². The Bertz CT molecular complexity index is 527. The zero-order valence-electron chi connectivity index (χ0n) is 8.09. The van der Waals surface area contributed by atoms with Crippen molar-refractivity contribution >= 4 is 17.5 Å². The Morgan fingerprint density at radius 2 is 1.88 bits per heavy atom. The molecule has 1 aromatic carbocycles. The van der Waals surface area contributed by atoms with Gasteiger partial charge in [-0.15, -0.1) is 0 Å². The molecule has 0 aliphatic carbocycles. The van der Waals surface area contributed by atoms with Gasteiger partial charge in [0.25, 0.3) is 0 Å². The number of hydrogen-bond acceptors (Lipinski definition) is 4. The van der Waals surface area contributed by atoms with Crippen molar-refractivity contribution in [1.82, 2.24) is 8.75 Å². The van der Waals surface area contributed by atoms with Gasteiger partial charge in [0, 0.05) is 12.6 Å². The minimum absolute atomic E-state index is 0.114. The number of nitrogens with one attached hydrogen (secondary N) is 1. The first-order valence-electron chi connectivity index (χ1n) is 4.29. The van der Waals surface area contributed by atoms with Crippen molar-refractivity contribution in [3.05, 3.63) is 29.6 Å². The lowest BCUT2D eigenvalue weighted by molar-refractivity contribution is 0.449. The molecule has 0 atom stereocenters. The maximum atomic E-state index is 13.4. The summed E-state index contributed by atoms with van der Waals surface area (Å²) in [4.78, 5) is 0. The van der Waals surface area contributed by atoms with Crippen LogP contribution in [0.15, 0.2) is 12.1 Å². The first-order valence-corrected chi connectivity index (χ1v) is 5.02. The molecule has 0 aliphatic heterocycles. The minimum atomic E-state index is -1.51. The van der Waals surface area contributed by atoms with Gasteiger partial charge in [0.2, 0.25) is 0 Å². The molecule has 0 bridgehead atoms. The molecule has 0 fully saturated rings. The second-order valence-electron chi connectivity index (χ2n) is 2.93. The van der Waals surface area contributed by atoms with Gasteiger partial charge in [-0.1, -0.05) is 0 Å². The standard InChI is InChI=1S/C9H6F3N3S/c1-13-9-8(14-16-15-9)4-2-3-5(10)7(12)6(4)11/h2-3H,1H3,(H,13,15). The molecule has 2 aromatic rings. The normalized spacial score (nSPS) is 10.5. The summed E-state index contributed by atoms with van der Waals surface area (Å²) in [7, 11) is 1.58. The maximum absolute atomic E-state index is 13.4. The fraction of sp³-hybridized carbons (Fsp3) is 0.111. The molecule has 2 rings (SSSR count). The van der Waals surface area contributed by atoms with E-state index in [4.69, 9.17) is 0 Å². The SMILES string of the molecule is CNc1nsnc1-c1ccc(F)c(F)c1F. The summed E-state index contributed by atoms with van der Waals surface area (Å²) in [5.41, 5.74) is 0.0564. The third kappa shape index (κ3) is 1.63. The predicted molar refractivity (Wildman–Crippen MR) is 54.8 cm³/mol. The Labute approximate surface area is 93.3 Å². The van der Waals surface area contributed by atoms with Crippen LogP contribution in [0.1, 0.15) is 0 Å². The summed E-state index contributed by atoms with van der Waals surface area (Å²) in [5.74, 6) is -3.66. The minimum Gasteiger partial charge on any atom is -0.370 e. The number of aromatic nitrogens is 2. The highest BCUT2D eigenvalue weighted by Gasteiger charge is 2.19. The van der Waals surface area contributed by atoms with Gasteiger partial charge in [-0.25, -0.2) is 13.2 Å². The molecule has 0 amide bonds. The van der Waals surface area contributed by atoms with Gasteiger partial charge in [-0.2, -0.15) is 8.75 Å². The van der Waals surface area contributed by atoms with Crippen molar-refractivity contribution in [2.75, 3.05) is 12.4 Å². The number of rotatable bonds is 2. The fourth-order valence-electron chi connectivity index (χ4n) is 1.24. The predicted octanol–water partition coefficient (Wildman–Crippen LogP) is 2.66. The van der Waals surface area contributed by atoms with Gasteiger partial charge in [-0.05, 0) is 12.1 Å². The van der Waals surface area contributed by atoms with E-state index in [0.717, 1.165) is 23.9 Å².